The number of nitrogens with one attached hydrogen (secondary N) is 2. The van der Waals surface area contributed by atoms with Crippen molar-refractivity contribution in [1.29, 1.82) is 0 Å². The first kappa shape index (κ1) is 16.2. The zero-order valence-electron chi connectivity index (χ0n) is 10.8. The van der Waals surface area contributed by atoms with Crippen LogP contribution in [0.5, 0.6) is 0 Å². The van der Waals surface area contributed by atoms with Crippen molar-refractivity contribution >= 4 is 43.7 Å². The lowest BCUT2D eigenvalue weighted by Gasteiger charge is -2.09. The summed E-state index contributed by atoms with van der Waals surface area (Å²) < 4.78 is 1.65. The van der Waals surface area contributed by atoms with Crippen molar-refractivity contribution < 1.29 is 9.59 Å². The highest BCUT2D eigenvalue weighted by Crippen LogP contribution is 2.19. The van der Waals surface area contributed by atoms with E-state index < -0.39 is 0 Å². The molecule has 0 fully saturated rings. The standard InChI is InChI=1S/C13H16Br2N2O2/c1-8(2)17-12(18)3-4-16-13(19)9-5-10(14)7-11(15)6-9/h5-8H,3-4H2,1-2H3,(H,16,19)(H,17,18). The van der Waals surface area contributed by atoms with Crippen LogP contribution in [0.4, 0.5) is 0 Å². The fourth-order valence-electron chi connectivity index (χ4n) is 1.47. The molecule has 0 unspecified atom stereocenters. The molecule has 0 heterocycles. The highest BCUT2D eigenvalue weighted by molar-refractivity contribution is 9.11. The average molecular weight is 392 g/mol. The third kappa shape index (κ3) is 6.20. The number of halogens is 2. The maximum absolute atomic E-state index is 11.9. The molecule has 6 heteroatoms. The van der Waals surface area contributed by atoms with Gasteiger partial charge in [0.05, 0.1) is 0 Å². The van der Waals surface area contributed by atoms with Gasteiger partial charge in [0.15, 0.2) is 0 Å². The zero-order valence-corrected chi connectivity index (χ0v) is 14.0. The minimum Gasteiger partial charge on any atom is -0.354 e. The lowest BCUT2D eigenvalue weighted by Crippen LogP contribution is -2.34. The second-order valence-electron chi connectivity index (χ2n) is 4.39. The second kappa shape index (κ2) is 7.65. The van der Waals surface area contributed by atoms with Gasteiger partial charge in [-0.25, -0.2) is 0 Å². The van der Waals surface area contributed by atoms with E-state index in [4.69, 9.17) is 0 Å². The van der Waals surface area contributed by atoms with Crippen LogP contribution in [0.3, 0.4) is 0 Å². The van der Waals surface area contributed by atoms with Gasteiger partial charge < -0.3 is 10.6 Å². The molecule has 0 radical (unpaired) electrons. The summed E-state index contributed by atoms with van der Waals surface area (Å²) in [5.41, 5.74) is 0.547. The number of hydrogen-bond acceptors (Lipinski definition) is 2. The Morgan fingerprint density at radius 2 is 1.74 bits per heavy atom. The van der Waals surface area contributed by atoms with E-state index in [1.54, 1.807) is 12.1 Å². The zero-order chi connectivity index (χ0) is 14.4. The van der Waals surface area contributed by atoms with Gasteiger partial charge in [-0.15, -0.1) is 0 Å². The van der Waals surface area contributed by atoms with Crippen LogP contribution >= 0.6 is 31.9 Å². The third-order valence-corrected chi connectivity index (χ3v) is 3.13. The van der Waals surface area contributed by atoms with Gasteiger partial charge >= 0.3 is 0 Å². The summed E-state index contributed by atoms with van der Waals surface area (Å²) in [6, 6.07) is 5.43. The molecule has 2 N–H and O–H groups in total. The van der Waals surface area contributed by atoms with Crippen molar-refractivity contribution in [3.8, 4) is 0 Å². The molecule has 19 heavy (non-hydrogen) atoms. The first-order valence-electron chi connectivity index (χ1n) is 5.92. The van der Waals surface area contributed by atoms with Crippen molar-refractivity contribution in [2.45, 2.75) is 26.3 Å². The minimum absolute atomic E-state index is 0.0641. The molecular formula is C13H16Br2N2O2. The lowest BCUT2D eigenvalue weighted by molar-refractivity contribution is -0.121. The highest BCUT2D eigenvalue weighted by Gasteiger charge is 2.08. The molecule has 104 valence electrons. The molecule has 0 aromatic heterocycles. The van der Waals surface area contributed by atoms with Crippen LogP contribution in [0, 0.1) is 0 Å². The first-order valence-corrected chi connectivity index (χ1v) is 7.50. The number of rotatable bonds is 5. The Bertz CT molecular complexity index is 455. The molecule has 0 saturated heterocycles. The SMILES string of the molecule is CC(C)NC(=O)CCNC(=O)c1cc(Br)cc(Br)c1. The van der Waals surface area contributed by atoms with Gasteiger partial charge in [-0.2, -0.15) is 0 Å². The number of benzene rings is 1. The smallest absolute Gasteiger partial charge is 0.251 e. The van der Waals surface area contributed by atoms with E-state index >= 15 is 0 Å². The molecule has 0 saturated carbocycles. The summed E-state index contributed by atoms with van der Waals surface area (Å²) in [6.45, 7) is 4.12. The van der Waals surface area contributed by atoms with Crippen molar-refractivity contribution in [1.82, 2.24) is 10.6 Å². The predicted molar refractivity (Wildman–Crippen MR) is 82.1 cm³/mol. The van der Waals surface area contributed by atoms with Gasteiger partial charge in [0.1, 0.15) is 0 Å². The largest absolute Gasteiger partial charge is 0.354 e. The molecule has 1 aromatic rings. The Balaban J connectivity index is 2.45. The molecule has 0 bridgehead atoms. The lowest BCUT2D eigenvalue weighted by atomic mass is 10.2. The van der Waals surface area contributed by atoms with Crippen molar-refractivity contribution in [2.24, 2.45) is 0 Å². The molecule has 0 aliphatic heterocycles. The van der Waals surface area contributed by atoms with Crippen LogP contribution in [-0.4, -0.2) is 24.4 Å². The van der Waals surface area contributed by atoms with Crippen LogP contribution in [0.15, 0.2) is 27.1 Å². The molecule has 1 aromatic carbocycles. The topological polar surface area (TPSA) is 58.2 Å². The fourth-order valence-corrected chi connectivity index (χ4v) is 2.76. The van der Waals surface area contributed by atoms with Crippen molar-refractivity contribution in [3.63, 3.8) is 0 Å². The van der Waals surface area contributed by atoms with E-state index in [0.717, 1.165) is 8.95 Å². The minimum atomic E-state index is -0.195. The normalized spacial score (nSPS) is 10.4. The number of carbonyl (C=O) groups excluding carboxylic acids is 2. The predicted octanol–water partition coefficient (Wildman–Crippen LogP) is 2.86. The van der Waals surface area contributed by atoms with Crippen molar-refractivity contribution in [3.05, 3.63) is 32.7 Å². The van der Waals surface area contributed by atoms with Crippen LogP contribution in [0.25, 0.3) is 0 Å². The van der Waals surface area contributed by atoms with Crippen LogP contribution < -0.4 is 10.6 Å². The van der Waals surface area contributed by atoms with Crippen LogP contribution in [-0.2, 0) is 4.79 Å². The van der Waals surface area contributed by atoms with Gasteiger partial charge in [-0.05, 0) is 32.0 Å². The Hall–Kier alpha value is -0.880. The monoisotopic (exact) mass is 390 g/mol. The Kier molecular flexibility index (Phi) is 6.51. The summed E-state index contributed by atoms with van der Waals surface area (Å²) in [7, 11) is 0. The molecule has 2 amide bonds. The molecule has 4 nitrogen and oxygen atoms in total. The molecule has 0 aliphatic carbocycles. The van der Waals surface area contributed by atoms with Gasteiger partial charge in [0, 0.05) is 33.5 Å². The Morgan fingerprint density at radius 1 is 1.16 bits per heavy atom. The second-order valence-corrected chi connectivity index (χ2v) is 6.22. The summed E-state index contributed by atoms with van der Waals surface area (Å²) in [5, 5.41) is 5.49. The molecule has 0 aliphatic rings. The van der Waals surface area contributed by atoms with E-state index in [0.29, 0.717) is 12.1 Å². The molecular weight excluding hydrogens is 376 g/mol. The maximum atomic E-state index is 11.9. The van der Waals surface area contributed by atoms with Gasteiger partial charge in [0.25, 0.3) is 5.91 Å². The van der Waals surface area contributed by atoms with E-state index in [2.05, 4.69) is 42.5 Å². The summed E-state index contributed by atoms with van der Waals surface area (Å²) >= 11 is 6.65. The summed E-state index contributed by atoms with van der Waals surface area (Å²) in [5.74, 6) is -0.259. The molecule has 0 spiro atoms. The van der Waals surface area contributed by atoms with Gasteiger partial charge in [0.2, 0.25) is 5.91 Å². The van der Waals surface area contributed by atoms with Crippen LogP contribution in [0.2, 0.25) is 0 Å². The van der Waals surface area contributed by atoms with Gasteiger partial charge in [-0.3, -0.25) is 9.59 Å². The first-order chi connectivity index (χ1) is 8.88. The Morgan fingerprint density at radius 3 is 2.26 bits per heavy atom. The number of hydrogen-bond donors (Lipinski definition) is 2. The summed E-state index contributed by atoms with van der Waals surface area (Å²) in [4.78, 5) is 23.3. The van der Waals surface area contributed by atoms with E-state index in [-0.39, 0.29) is 24.3 Å². The van der Waals surface area contributed by atoms with E-state index in [9.17, 15) is 9.59 Å². The Labute approximate surface area is 129 Å². The van der Waals surface area contributed by atoms with Crippen molar-refractivity contribution in [2.75, 3.05) is 6.54 Å². The average Bonchev–Trinajstić information content (AvgIpc) is 2.26. The number of amides is 2. The summed E-state index contributed by atoms with van der Waals surface area (Å²) in [6.07, 6.45) is 0.277. The maximum Gasteiger partial charge on any atom is 0.251 e. The molecule has 0 atom stereocenters. The number of carbonyl (C=O) groups is 2. The third-order valence-electron chi connectivity index (χ3n) is 2.21. The quantitative estimate of drug-likeness (QED) is 0.810. The van der Waals surface area contributed by atoms with E-state index in [1.807, 2.05) is 19.9 Å². The molecule has 1 rings (SSSR count). The van der Waals surface area contributed by atoms with E-state index in [1.165, 1.54) is 0 Å². The highest BCUT2D eigenvalue weighted by atomic mass is 79.9. The van der Waals surface area contributed by atoms with Gasteiger partial charge in [-0.1, -0.05) is 31.9 Å². The van der Waals surface area contributed by atoms with Crippen LogP contribution in [0.1, 0.15) is 30.6 Å². The fraction of sp³-hybridized carbons (Fsp3) is 0.385.